The lowest BCUT2D eigenvalue weighted by Gasteiger charge is -2.05. The number of nitro benzene ring substituents is 1. The van der Waals surface area contributed by atoms with Crippen molar-refractivity contribution in [3.8, 4) is 11.8 Å². The molecular formula is C16H11N3O4. The molecule has 7 nitrogen and oxygen atoms in total. The molecule has 0 heterocycles. The Morgan fingerprint density at radius 1 is 1.22 bits per heavy atom. The predicted molar refractivity (Wildman–Crippen MR) is 83.4 cm³/mol. The Balaban J connectivity index is 2.27. The second-order valence-corrected chi connectivity index (χ2v) is 4.49. The Morgan fingerprint density at radius 2 is 1.87 bits per heavy atom. The fourth-order valence-corrected chi connectivity index (χ4v) is 1.81. The minimum absolute atomic E-state index is 0.00866. The number of carbonyl (C=O) groups excluding carboxylic acids is 1. The van der Waals surface area contributed by atoms with Crippen LogP contribution in [-0.2, 0) is 4.79 Å². The third kappa shape index (κ3) is 3.92. The number of para-hydroxylation sites is 2. The number of nitrogens with zero attached hydrogens (tertiary/aromatic N) is 2. The van der Waals surface area contributed by atoms with Gasteiger partial charge < -0.3 is 10.4 Å². The van der Waals surface area contributed by atoms with Gasteiger partial charge in [0, 0.05) is 6.07 Å². The summed E-state index contributed by atoms with van der Waals surface area (Å²) in [6.07, 6.45) is 1.32. The smallest absolute Gasteiger partial charge is 0.292 e. The van der Waals surface area contributed by atoms with Gasteiger partial charge in [-0.15, -0.1) is 0 Å². The van der Waals surface area contributed by atoms with Crippen molar-refractivity contribution in [3.63, 3.8) is 0 Å². The molecule has 0 fully saturated rings. The van der Waals surface area contributed by atoms with Crippen LogP contribution in [0.1, 0.15) is 5.56 Å². The Kier molecular flexibility index (Phi) is 4.69. The summed E-state index contributed by atoms with van der Waals surface area (Å²) in [6.45, 7) is 0. The Morgan fingerprint density at radius 3 is 2.48 bits per heavy atom. The SMILES string of the molecule is N#C/C(=C/c1ccc(O)cc1)C(=O)Nc1ccccc1[N+](=O)[O-]. The van der Waals surface area contributed by atoms with Gasteiger partial charge in [-0.25, -0.2) is 0 Å². The summed E-state index contributed by atoms with van der Waals surface area (Å²) >= 11 is 0. The average molecular weight is 309 g/mol. The molecule has 7 heteroatoms. The van der Waals surface area contributed by atoms with E-state index >= 15 is 0 Å². The third-order valence-corrected chi connectivity index (χ3v) is 2.92. The van der Waals surface area contributed by atoms with E-state index < -0.39 is 10.8 Å². The zero-order chi connectivity index (χ0) is 16.8. The minimum atomic E-state index is -0.755. The van der Waals surface area contributed by atoms with Crippen molar-refractivity contribution in [3.05, 3.63) is 69.8 Å². The minimum Gasteiger partial charge on any atom is -0.508 e. The summed E-state index contributed by atoms with van der Waals surface area (Å²) in [5.41, 5.74) is 0.0723. The molecule has 2 aromatic rings. The molecule has 0 bridgehead atoms. The van der Waals surface area contributed by atoms with E-state index in [1.807, 2.05) is 0 Å². The lowest BCUT2D eigenvalue weighted by Crippen LogP contribution is -2.14. The number of amides is 1. The molecule has 0 aliphatic heterocycles. The Bertz CT molecular complexity index is 820. The molecule has 0 spiro atoms. The van der Waals surface area contributed by atoms with Gasteiger partial charge in [-0.2, -0.15) is 5.26 Å². The number of rotatable bonds is 4. The highest BCUT2D eigenvalue weighted by Crippen LogP contribution is 2.24. The van der Waals surface area contributed by atoms with Gasteiger partial charge in [-0.3, -0.25) is 14.9 Å². The van der Waals surface area contributed by atoms with Gasteiger partial charge in [0.05, 0.1) is 4.92 Å². The van der Waals surface area contributed by atoms with Crippen molar-refractivity contribution in [1.29, 1.82) is 5.26 Å². The molecule has 0 saturated carbocycles. The number of hydrogen-bond donors (Lipinski definition) is 2. The van der Waals surface area contributed by atoms with Gasteiger partial charge in [0.15, 0.2) is 0 Å². The van der Waals surface area contributed by atoms with E-state index in [0.717, 1.165) is 0 Å². The van der Waals surface area contributed by atoms with E-state index in [-0.39, 0.29) is 22.7 Å². The molecule has 0 radical (unpaired) electrons. The number of anilines is 1. The molecule has 1 amide bonds. The Labute approximate surface area is 131 Å². The summed E-state index contributed by atoms with van der Waals surface area (Å²) in [5.74, 6) is -0.695. The number of aromatic hydroxyl groups is 1. The molecule has 0 aliphatic rings. The number of benzene rings is 2. The van der Waals surface area contributed by atoms with Crippen molar-refractivity contribution >= 4 is 23.4 Å². The maximum atomic E-state index is 12.1. The molecule has 0 atom stereocenters. The zero-order valence-electron chi connectivity index (χ0n) is 11.8. The van der Waals surface area contributed by atoms with E-state index in [1.54, 1.807) is 12.1 Å². The van der Waals surface area contributed by atoms with Gasteiger partial charge in [0.25, 0.3) is 11.6 Å². The van der Waals surface area contributed by atoms with E-state index in [0.29, 0.717) is 5.56 Å². The third-order valence-electron chi connectivity index (χ3n) is 2.92. The van der Waals surface area contributed by atoms with Gasteiger partial charge in [0.1, 0.15) is 23.1 Å². The number of carbonyl (C=O) groups is 1. The number of hydrogen-bond acceptors (Lipinski definition) is 5. The summed E-state index contributed by atoms with van der Waals surface area (Å²) in [5, 5.41) is 31.6. The maximum Gasteiger partial charge on any atom is 0.292 e. The van der Waals surface area contributed by atoms with Crippen molar-refractivity contribution in [2.24, 2.45) is 0 Å². The fourth-order valence-electron chi connectivity index (χ4n) is 1.81. The van der Waals surface area contributed by atoms with Crippen LogP contribution >= 0.6 is 0 Å². The van der Waals surface area contributed by atoms with Crippen LogP contribution in [0.25, 0.3) is 6.08 Å². The van der Waals surface area contributed by atoms with Gasteiger partial charge in [-0.1, -0.05) is 24.3 Å². The number of nitriles is 1. The first-order valence-electron chi connectivity index (χ1n) is 6.47. The van der Waals surface area contributed by atoms with Crippen LogP contribution in [0.5, 0.6) is 5.75 Å². The predicted octanol–water partition coefficient (Wildman–Crippen LogP) is 2.85. The van der Waals surface area contributed by atoms with E-state index in [9.17, 15) is 20.0 Å². The quantitative estimate of drug-likeness (QED) is 0.390. The number of phenols is 1. The first-order chi connectivity index (χ1) is 11.0. The lowest BCUT2D eigenvalue weighted by atomic mass is 10.1. The molecule has 2 rings (SSSR count). The van der Waals surface area contributed by atoms with Crippen LogP contribution in [0.3, 0.4) is 0 Å². The van der Waals surface area contributed by atoms with Gasteiger partial charge in [-0.05, 0) is 29.8 Å². The molecular weight excluding hydrogens is 298 g/mol. The molecule has 0 unspecified atom stereocenters. The highest BCUT2D eigenvalue weighted by atomic mass is 16.6. The second kappa shape index (κ2) is 6.87. The highest BCUT2D eigenvalue weighted by Gasteiger charge is 2.17. The fraction of sp³-hybridized carbons (Fsp3) is 0. The molecule has 0 aliphatic carbocycles. The first kappa shape index (κ1) is 15.7. The normalized spacial score (nSPS) is 10.7. The van der Waals surface area contributed by atoms with E-state index in [4.69, 9.17) is 5.26 Å². The maximum absolute atomic E-state index is 12.1. The lowest BCUT2D eigenvalue weighted by molar-refractivity contribution is -0.383. The van der Waals surface area contributed by atoms with Gasteiger partial charge in [0.2, 0.25) is 0 Å². The van der Waals surface area contributed by atoms with Crippen molar-refractivity contribution < 1.29 is 14.8 Å². The van der Waals surface area contributed by atoms with E-state index in [1.165, 1.54) is 48.5 Å². The van der Waals surface area contributed by atoms with Crippen LogP contribution < -0.4 is 5.32 Å². The van der Waals surface area contributed by atoms with Crippen molar-refractivity contribution in [2.75, 3.05) is 5.32 Å². The zero-order valence-corrected chi connectivity index (χ0v) is 11.8. The van der Waals surface area contributed by atoms with Crippen LogP contribution in [0.2, 0.25) is 0 Å². The standard InChI is InChI=1S/C16H11N3O4/c17-10-12(9-11-5-7-13(20)8-6-11)16(21)18-14-3-1-2-4-15(14)19(22)23/h1-9,20H,(H,18,21)/b12-9-. The van der Waals surface area contributed by atoms with Crippen LogP contribution in [0.15, 0.2) is 54.1 Å². The van der Waals surface area contributed by atoms with Crippen molar-refractivity contribution in [2.45, 2.75) is 0 Å². The highest BCUT2D eigenvalue weighted by molar-refractivity contribution is 6.10. The number of nitro groups is 1. The molecule has 2 N–H and O–H groups in total. The van der Waals surface area contributed by atoms with E-state index in [2.05, 4.69) is 5.32 Å². The van der Waals surface area contributed by atoms with Crippen LogP contribution in [-0.4, -0.2) is 15.9 Å². The summed E-state index contributed by atoms with van der Waals surface area (Å²) in [7, 11) is 0. The largest absolute Gasteiger partial charge is 0.508 e. The van der Waals surface area contributed by atoms with Crippen LogP contribution in [0.4, 0.5) is 11.4 Å². The summed E-state index contributed by atoms with van der Waals surface area (Å²) < 4.78 is 0. The molecule has 0 aromatic heterocycles. The first-order valence-corrected chi connectivity index (χ1v) is 6.47. The topological polar surface area (TPSA) is 116 Å². The Hall–Kier alpha value is -3.66. The molecule has 2 aromatic carbocycles. The average Bonchev–Trinajstić information content (AvgIpc) is 2.54. The second-order valence-electron chi connectivity index (χ2n) is 4.49. The van der Waals surface area contributed by atoms with Crippen LogP contribution in [0, 0.1) is 21.4 Å². The number of phenolic OH excluding ortho intramolecular Hbond substituents is 1. The van der Waals surface area contributed by atoms with Crippen molar-refractivity contribution in [1.82, 2.24) is 0 Å². The van der Waals surface area contributed by atoms with Gasteiger partial charge >= 0.3 is 0 Å². The summed E-state index contributed by atoms with van der Waals surface area (Å²) in [6, 6.07) is 13.3. The molecule has 114 valence electrons. The summed E-state index contributed by atoms with van der Waals surface area (Å²) in [4.78, 5) is 22.4. The molecule has 0 saturated heterocycles. The molecule has 23 heavy (non-hydrogen) atoms. The number of nitrogens with one attached hydrogen (secondary N) is 1. The monoisotopic (exact) mass is 309 g/mol.